The van der Waals surface area contributed by atoms with E-state index in [1.54, 1.807) is 0 Å². The number of hydrogen-bond acceptors (Lipinski definition) is 40. The van der Waals surface area contributed by atoms with E-state index in [1.165, 1.54) is 125 Å². The fourth-order valence-electron chi connectivity index (χ4n) is 15.6. The molecule has 0 heterocycles. The predicted molar refractivity (Wildman–Crippen MR) is 506 cm³/mol. The van der Waals surface area contributed by atoms with Gasteiger partial charge in [0.25, 0.3) is 0 Å². The van der Waals surface area contributed by atoms with Crippen LogP contribution in [-0.2, 0) is 191 Å². The number of carbonyl (C=O) groups excluding carboxylic acids is 20. The summed E-state index contributed by atoms with van der Waals surface area (Å²) >= 11 is 0. The first kappa shape index (κ1) is 129. The molecule has 794 valence electrons. The Morgan fingerprint density at radius 3 is 0.352 bits per heavy atom. The molecule has 0 aliphatic rings. The summed E-state index contributed by atoms with van der Waals surface area (Å²) < 4.78 is 112. The van der Waals surface area contributed by atoms with Crippen LogP contribution in [0.3, 0.4) is 0 Å². The lowest BCUT2D eigenvalue weighted by atomic mass is 9.56. The molecule has 0 N–H and O–H groups in total. The average Bonchev–Trinajstić information content (AvgIpc) is 0.758. The van der Waals surface area contributed by atoms with Crippen LogP contribution in [0.15, 0.2) is 122 Å². The largest absolute Gasteiger partial charge is 0.462 e. The molecule has 9 unspecified atom stereocenters. The molecule has 0 spiro atoms. The Hall–Kier alpha value is -13.2. The molecule has 142 heavy (non-hydrogen) atoms. The van der Waals surface area contributed by atoms with E-state index >= 15 is 38.4 Å². The van der Waals surface area contributed by atoms with E-state index in [2.05, 4.69) is 65.8 Å². The Bertz CT molecular complexity index is 4740. The molecule has 0 radical (unpaired) electrons. The molecular weight excluding hydrogens is 1870 g/mol. The summed E-state index contributed by atoms with van der Waals surface area (Å²) in [6, 6.07) is 0. The molecular formula is C102H146O40. The maximum absolute atomic E-state index is 16.4. The highest BCUT2D eigenvalue weighted by Gasteiger charge is 2.62. The smallest absolute Gasteiger partial charge is 0.333 e. The second-order valence-electron chi connectivity index (χ2n) is 38.4. The second kappa shape index (κ2) is 58.9. The monoisotopic (exact) mass is 2010 g/mol. The number of hydrogen-bond donors (Lipinski definition) is 0. The molecule has 0 rings (SSSR count). The van der Waals surface area contributed by atoms with Crippen molar-refractivity contribution in [3.8, 4) is 0 Å². The molecule has 40 heteroatoms. The summed E-state index contributed by atoms with van der Waals surface area (Å²) in [7, 11) is 0. The number of carbonyl (C=O) groups is 20. The maximum atomic E-state index is 16.4. The fraction of sp³-hybridized carbons (Fsp3) is 0.608. The third-order valence-corrected chi connectivity index (χ3v) is 21.8. The quantitative estimate of drug-likeness (QED) is 0.0236. The first-order valence-corrected chi connectivity index (χ1v) is 45.4. The Balaban J connectivity index is 11.0. The molecule has 0 bridgehead atoms. The average molecular weight is 2010 g/mol. The minimum Gasteiger partial charge on any atom is -0.462 e. The van der Waals surface area contributed by atoms with Gasteiger partial charge in [0.2, 0.25) is 0 Å². The molecule has 0 fully saturated rings. The van der Waals surface area contributed by atoms with Crippen LogP contribution in [0, 0.1) is 54.1 Å². The Morgan fingerprint density at radius 1 is 0.148 bits per heavy atom. The summed E-state index contributed by atoms with van der Waals surface area (Å²) in [6.07, 6.45) is -8.92. The lowest BCUT2D eigenvalue weighted by Crippen LogP contribution is -2.52. The van der Waals surface area contributed by atoms with Gasteiger partial charge in [-0.1, -0.05) is 72.7 Å². The van der Waals surface area contributed by atoms with Crippen LogP contribution in [-0.4, -0.2) is 252 Å². The van der Waals surface area contributed by atoms with Crippen LogP contribution in [0.25, 0.3) is 0 Å². The standard InChI is InChI=1S/C102H146O40/c1-33-94(24,84(114)134-45-35-124-74(104)64(4)5)55-96(26,86(116)136-47-37-126-76(106)66(8)9)57-98(28,88(118)138-49-39-128-78(108)68(12)13)59-100(30,90(120)140-51-41-130-80(110)70(16)17)61-102(32,92(122)142-53-43-132-82(112)72(20)21)62-101(31,91(121)141-52-42-131-81(111)71(18)19)60-99(29,89(119)139-50-40-129-79(109)69(14)15)58-97(27,87(117)137-48-38-127-77(107)67(10)11)56-95(25,85(115)135-46-36-125-75(105)65(6)7)54-93(22,23)83(113)133-44-34-123-73(103)63(2)3/h2,4,6,8,10,12,14,16,18,20,33-62H2,1,3,5,7,9,11,13,15,17,19,21-32H3. The van der Waals surface area contributed by atoms with Crippen molar-refractivity contribution in [1.82, 2.24) is 0 Å². The zero-order valence-electron chi connectivity index (χ0n) is 86.6. The number of esters is 20. The van der Waals surface area contributed by atoms with Gasteiger partial charge in [0.15, 0.2) is 0 Å². The van der Waals surface area contributed by atoms with Crippen molar-refractivity contribution in [2.45, 2.75) is 217 Å². The molecule has 0 saturated heterocycles. The van der Waals surface area contributed by atoms with E-state index in [4.69, 9.17) is 94.7 Å². The lowest BCUT2D eigenvalue weighted by molar-refractivity contribution is -0.181. The van der Waals surface area contributed by atoms with Crippen molar-refractivity contribution in [2.24, 2.45) is 54.1 Å². The Morgan fingerprint density at radius 2 is 0.239 bits per heavy atom. The molecule has 0 aromatic rings. The molecule has 0 aromatic carbocycles. The topological polar surface area (TPSA) is 526 Å². The van der Waals surface area contributed by atoms with Gasteiger partial charge in [0.05, 0.1) is 54.1 Å². The molecule has 0 aliphatic carbocycles. The summed E-state index contributed by atoms with van der Waals surface area (Å²) in [5.41, 5.74) is -24.7. The van der Waals surface area contributed by atoms with E-state index in [1.807, 2.05) is 0 Å². The minimum absolute atomic E-state index is 0.00303. The van der Waals surface area contributed by atoms with Gasteiger partial charge in [-0.3, -0.25) is 47.9 Å². The Kier molecular flexibility index (Phi) is 53.4. The minimum atomic E-state index is -2.69. The van der Waals surface area contributed by atoms with E-state index in [0.717, 1.165) is 27.7 Å². The third-order valence-electron chi connectivity index (χ3n) is 21.8. The molecule has 0 aliphatic heterocycles. The van der Waals surface area contributed by atoms with Crippen LogP contribution in [0.4, 0.5) is 0 Å². The van der Waals surface area contributed by atoms with Gasteiger partial charge >= 0.3 is 119 Å². The van der Waals surface area contributed by atoms with Gasteiger partial charge < -0.3 is 94.7 Å². The SMILES string of the molecule is C=C(C)C(=O)OCCOC(=O)C(C)(C)CC(C)(CC(C)(CC(C)(CC(C)(CC(C)(CC(C)(CC(C)(CC(C)(CC(C)(CC)C(=O)OCCOC(=O)C(=C)C)C(=O)OCCOC(=O)C(=C)C)C(=O)OCCOC(=O)C(=C)C)C(=O)OCCOC(=O)C(=C)C)C(=O)OCCOC(=O)C(=C)C)C(=O)OCCOC(=O)C(=C)C)C(=O)OCCOC(=O)C(=C)C)C(=O)OCCOC(=O)C(=C)C)C(=O)OCCOC(=O)C(=C)C. The summed E-state index contributed by atoms with van der Waals surface area (Å²) in [5.74, 6) is -22.2. The van der Waals surface area contributed by atoms with Gasteiger partial charge in [-0.2, -0.15) is 0 Å². The summed E-state index contributed by atoms with van der Waals surface area (Å²) in [4.78, 5) is 286. The van der Waals surface area contributed by atoms with Crippen LogP contribution in [0.1, 0.15) is 217 Å². The van der Waals surface area contributed by atoms with Gasteiger partial charge in [0, 0.05) is 55.7 Å². The van der Waals surface area contributed by atoms with E-state index in [-0.39, 0.29) is 62.2 Å². The molecule has 9 atom stereocenters. The third kappa shape index (κ3) is 43.9. The summed E-state index contributed by atoms with van der Waals surface area (Å²) in [6.45, 7) is 49.7. The van der Waals surface area contributed by atoms with Gasteiger partial charge in [-0.15, -0.1) is 0 Å². The highest BCUT2D eigenvalue weighted by atomic mass is 16.6. The fourth-order valence-corrected chi connectivity index (χ4v) is 15.6. The zero-order valence-corrected chi connectivity index (χ0v) is 86.6. The second-order valence-corrected chi connectivity index (χ2v) is 38.4. The Labute approximate surface area is 830 Å². The van der Waals surface area contributed by atoms with Crippen molar-refractivity contribution in [1.29, 1.82) is 0 Å². The van der Waals surface area contributed by atoms with E-state index in [0.29, 0.717) is 0 Å². The van der Waals surface area contributed by atoms with Crippen LogP contribution in [0.5, 0.6) is 0 Å². The summed E-state index contributed by atoms with van der Waals surface area (Å²) in [5, 5.41) is 0. The van der Waals surface area contributed by atoms with E-state index < -0.39 is 363 Å². The van der Waals surface area contributed by atoms with Crippen molar-refractivity contribution in [3.05, 3.63) is 122 Å². The first-order valence-electron chi connectivity index (χ1n) is 45.4. The highest BCUT2D eigenvalue weighted by molar-refractivity contribution is 5.93. The van der Waals surface area contributed by atoms with Crippen LogP contribution >= 0.6 is 0 Å². The lowest BCUT2D eigenvalue weighted by Gasteiger charge is -2.47. The number of ether oxygens (including phenoxy) is 20. The number of rotatable bonds is 69. The van der Waals surface area contributed by atoms with Crippen molar-refractivity contribution in [3.63, 3.8) is 0 Å². The van der Waals surface area contributed by atoms with Gasteiger partial charge in [0.1, 0.15) is 132 Å². The van der Waals surface area contributed by atoms with Crippen molar-refractivity contribution in [2.75, 3.05) is 132 Å². The molecule has 0 amide bonds. The normalized spacial score (nSPS) is 14.8. The molecule has 0 saturated carbocycles. The maximum Gasteiger partial charge on any atom is 0.333 e. The molecule has 40 nitrogen and oxygen atoms in total. The van der Waals surface area contributed by atoms with Crippen molar-refractivity contribution >= 4 is 119 Å². The van der Waals surface area contributed by atoms with Gasteiger partial charge in [-0.05, 0) is 210 Å². The first-order chi connectivity index (χ1) is 65.4. The predicted octanol–water partition coefficient (Wildman–Crippen LogP) is 11.6. The van der Waals surface area contributed by atoms with Crippen molar-refractivity contribution < 1.29 is 191 Å². The molecule has 0 aromatic heterocycles. The van der Waals surface area contributed by atoms with E-state index in [9.17, 15) is 57.5 Å². The van der Waals surface area contributed by atoms with Crippen LogP contribution < -0.4 is 0 Å². The highest BCUT2D eigenvalue weighted by Crippen LogP contribution is 2.58. The van der Waals surface area contributed by atoms with Gasteiger partial charge in [-0.25, -0.2) is 47.9 Å². The van der Waals surface area contributed by atoms with Crippen LogP contribution in [0.2, 0.25) is 0 Å². The zero-order chi connectivity index (χ0) is 110.